The molecule has 29 heavy (non-hydrogen) atoms. The van der Waals surface area contributed by atoms with Gasteiger partial charge in [-0.05, 0) is 49.9 Å². The van der Waals surface area contributed by atoms with Crippen LogP contribution in [-0.2, 0) is 6.54 Å². The van der Waals surface area contributed by atoms with Crippen LogP contribution in [0.5, 0.6) is 5.75 Å². The zero-order valence-corrected chi connectivity index (χ0v) is 17.0. The van der Waals surface area contributed by atoms with Crippen molar-refractivity contribution in [3.8, 4) is 5.75 Å². The van der Waals surface area contributed by atoms with Crippen LogP contribution in [-0.4, -0.2) is 59.0 Å². The molecule has 5 rings (SSSR count). The summed E-state index contributed by atoms with van der Waals surface area (Å²) >= 11 is 0. The quantitative estimate of drug-likeness (QED) is 0.779. The molecule has 1 saturated carbocycles. The van der Waals surface area contributed by atoms with E-state index in [1.54, 1.807) is 0 Å². The lowest BCUT2D eigenvalue weighted by molar-refractivity contribution is -0.0568. The van der Waals surface area contributed by atoms with E-state index >= 15 is 0 Å². The molecule has 158 valence electrons. The highest BCUT2D eigenvalue weighted by Gasteiger charge is 2.34. The molecule has 3 aliphatic rings. The first kappa shape index (κ1) is 19.3. The molecule has 0 unspecified atom stereocenters. The van der Waals surface area contributed by atoms with Gasteiger partial charge in [-0.2, -0.15) is 0 Å². The summed E-state index contributed by atoms with van der Waals surface area (Å²) < 4.78 is 33.0. The number of H-pyrrole nitrogens is 1. The van der Waals surface area contributed by atoms with E-state index in [0.717, 1.165) is 54.3 Å². The second-order valence-electron chi connectivity index (χ2n) is 9.11. The van der Waals surface area contributed by atoms with Crippen molar-refractivity contribution in [2.75, 3.05) is 26.2 Å². The van der Waals surface area contributed by atoms with Gasteiger partial charge in [-0.1, -0.05) is 6.42 Å². The molecule has 4 nitrogen and oxygen atoms in total. The van der Waals surface area contributed by atoms with Gasteiger partial charge in [0.15, 0.2) is 0 Å². The third-order valence-corrected chi connectivity index (χ3v) is 7.00. The molecular weight excluding hydrogens is 372 g/mol. The number of nitrogens with one attached hydrogen (secondary N) is 1. The Morgan fingerprint density at radius 2 is 1.76 bits per heavy atom. The molecule has 1 aliphatic carbocycles. The number of ether oxygens (including phenoxy) is 1. The Morgan fingerprint density at radius 3 is 2.45 bits per heavy atom. The number of hydrogen-bond donors (Lipinski definition) is 1. The average molecular weight is 404 g/mol. The molecule has 0 spiro atoms. The highest BCUT2D eigenvalue weighted by Crippen LogP contribution is 2.31. The number of alkyl halides is 2. The predicted octanol–water partition coefficient (Wildman–Crippen LogP) is 4.79. The predicted molar refractivity (Wildman–Crippen MR) is 111 cm³/mol. The van der Waals surface area contributed by atoms with Crippen molar-refractivity contribution >= 4 is 10.9 Å². The Balaban J connectivity index is 1.17. The fourth-order valence-corrected chi connectivity index (χ4v) is 4.91. The number of nitrogens with zero attached hydrogens (tertiary/aromatic N) is 2. The van der Waals surface area contributed by atoms with Gasteiger partial charge < -0.3 is 14.6 Å². The van der Waals surface area contributed by atoms with E-state index in [1.165, 1.54) is 19.3 Å². The number of rotatable bonds is 5. The summed E-state index contributed by atoms with van der Waals surface area (Å²) in [5, 5.41) is 1.13. The Kier molecular flexibility index (Phi) is 5.25. The summed E-state index contributed by atoms with van der Waals surface area (Å²) in [6, 6.07) is 9.19. The van der Waals surface area contributed by atoms with Gasteiger partial charge in [0.2, 0.25) is 0 Å². The minimum atomic E-state index is -2.49. The second-order valence-corrected chi connectivity index (χ2v) is 9.11. The zero-order valence-electron chi connectivity index (χ0n) is 17.0. The van der Waals surface area contributed by atoms with Crippen LogP contribution in [0.3, 0.4) is 0 Å². The number of hydrogen-bond acceptors (Lipinski definition) is 3. The van der Waals surface area contributed by atoms with Crippen molar-refractivity contribution in [1.29, 1.82) is 0 Å². The molecule has 1 N–H and O–H groups in total. The molecule has 2 saturated heterocycles. The average Bonchev–Trinajstić information content (AvgIpc) is 3.05. The third-order valence-electron chi connectivity index (χ3n) is 7.00. The minimum absolute atomic E-state index is 0.0369. The second kappa shape index (κ2) is 7.88. The number of likely N-dealkylation sites (tertiary alicyclic amines) is 2. The molecular formula is C23H31F2N3O. The van der Waals surface area contributed by atoms with Gasteiger partial charge in [0.25, 0.3) is 5.92 Å². The van der Waals surface area contributed by atoms with E-state index in [0.29, 0.717) is 25.7 Å². The SMILES string of the molecule is FC1(F)CCN(Cc2cc3cc(OC4CCN(C5CCC5)CC4)ccc3[nH]2)CC1. The molecule has 0 amide bonds. The Bertz CT molecular complexity index is 830. The maximum absolute atomic E-state index is 13.4. The third kappa shape index (κ3) is 4.43. The summed E-state index contributed by atoms with van der Waals surface area (Å²) in [6.07, 6.45) is 6.58. The highest BCUT2D eigenvalue weighted by molar-refractivity contribution is 5.81. The first-order valence-electron chi connectivity index (χ1n) is 11.2. The van der Waals surface area contributed by atoms with Gasteiger partial charge in [0.05, 0.1) is 0 Å². The van der Waals surface area contributed by atoms with Gasteiger partial charge in [0.1, 0.15) is 11.9 Å². The van der Waals surface area contributed by atoms with Crippen molar-refractivity contribution in [2.45, 2.75) is 69.6 Å². The lowest BCUT2D eigenvalue weighted by Gasteiger charge is -2.41. The number of piperidine rings is 2. The number of benzene rings is 1. The monoisotopic (exact) mass is 403 g/mol. The Hall–Kier alpha value is -1.66. The van der Waals surface area contributed by atoms with Crippen LogP contribution < -0.4 is 4.74 Å². The molecule has 0 bridgehead atoms. The van der Waals surface area contributed by atoms with Gasteiger partial charge in [-0.3, -0.25) is 4.90 Å². The molecule has 3 heterocycles. The maximum Gasteiger partial charge on any atom is 0.250 e. The largest absolute Gasteiger partial charge is 0.490 e. The smallest absolute Gasteiger partial charge is 0.250 e. The molecule has 0 atom stereocenters. The first-order chi connectivity index (χ1) is 14.0. The van der Waals surface area contributed by atoms with Crippen LogP contribution in [0.15, 0.2) is 24.3 Å². The number of halogens is 2. The molecule has 2 aromatic rings. The van der Waals surface area contributed by atoms with E-state index in [-0.39, 0.29) is 12.8 Å². The lowest BCUT2D eigenvalue weighted by atomic mass is 9.90. The summed E-state index contributed by atoms with van der Waals surface area (Å²) in [5.74, 6) is -1.56. The highest BCUT2D eigenvalue weighted by atomic mass is 19.3. The first-order valence-corrected chi connectivity index (χ1v) is 11.2. The standard InChI is InChI=1S/C23H31F2N3O/c24-23(25)8-12-27(13-9-23)16-18-14-17-15-21(4-5-22(17)26-18)29-20-6-10-28(11-7-20)19-2-1-3-19/h4-5,14-15,19-20,26H,1-3,6-13,16H2. The Morgan fingerprint density at radius 1 is 1.00 bits per heavy atom. The van der Waals surface area contributed by atoms with Crippen LogP contribution in [0.25, 0.3) is 10.9 Å². The number of aromatic nitrogens is 1. The number of aromatic amines is 1. The van der Waals surface area contributed by atoms with Crippen LogP contribution in [0.4, 0.5) is 8.78 Å². The van der Waals surface area contributed by atoms with Gasteiger partial charge in [-0.15, -0.1) is 0 Å². The van der Waals surface area contributed by atoms with Crippen molar-refractivity contribution in [2.24, 2.45) is 0 Å². The summed E-state index contributed by atoms with van der Waals surface area (Å²) in [7, 11) is 0. The topological polar surface area (TPSA) is 31.5 Å². The molecule has 2 aliphatic heterocycles. The molecule has 0 radical (unpaired) electrons. The fourth-order valence-electron chi connectivity index (χ4n) is 4.91. The van der Waals surface area contributed by atoms with Gasteiger partial charge in [0, 0.05) is 68.2 Å². The van der Waals surface area contributed by atoms with E-state index in [9.17, 15) is 8.78 Å². The zero-order chi connectivity index (χ0) is 19.8. The van der Waals surface area contributed by atoms with Gasteiger partial charge in [-0.25, -0.2) is 8.78 Å². The number of fused-ring (bicyclic) bond motifs is 1. The lowest BCUT2D eigenvalue weighted by Crippen LogP contribution is -2.46. The van der Waals surface area contributed by atoms with Crippen molar-refractivity contribution in [3.63, 3.8) is 0 Å². The van der Waals surface area contributed by atoms with Crippen molar-refractivity contribution in [3.05, 3.63) is 30.0 Å². The van der Waals surface area contributed by atoms with E-state index in [1.807, 2.05) is 6.07 Å². The van der Waals surface area contributed by atoms with Crippen LogP contribution >= 0.6 is 0 Å². The fraction of sp³-hybridized carbons (Fsp3) is 0.652. The van der Waals surface area contributed by atoms with Gasteiger partial charge >= 0.3 is 0 Å². The summed E-state index contributed by atoms with van der Waals surface area (Å²) in [5.41, 5.74) is 2.16. The van der Waals surface area contributed by atoms with E-state index < -0.39 is 5.92 Å². The van der Waals surface area contributed by atoms with Crippen LogP contribution in [0.1, 0.15) is 50.6 Å². The van der Waals surface area contributed by atoms with Crippen LogP contribution in [0, 0.1) is 0 Å². The summed E-state index contributed by atoms with van der Waals surface area (Å²) in [4.78, 5) is 8.18. The van der Waals surface area contributed by atoms with Crippen molar-refractivity contribution < 1.29 is 13.5 Å². The summed E-state index contributed by atoms with van der Waals surface area (Å²) in [6.45, 7) is 3.91. The Labute approximate surface area is 171 Å². The normalized spacial score (nSPS) is 24.6. The maximum atomic E-state index is 13.4. The van der Waals surface area contributed by atoms with E-state index in [2.05, 4.69) is 33.0 Å². The minimum Gasteiger partial charge on any atom is -0.490 e. The van der Waals surface area contributed by atoms with E-state index in [4.69, 9.17) is 4.74 Å². The van der Waals surface area contributed by atoms with Crippen molar-refractivity contribution in [1.82, 2.24) is 14.8 Å². The molecule has 3 fully saturated rings. The molecule has 1 aromatic heterocycles. The molecule has 6 heteroatoms. The van der Waals surface area contributed by atoms with Crippen LogP contribution in [0.2, 0.25) is 0 Å². The molecule has 1 aromatic carbocycles.